The van der Waals surface area contributed by atoms with Gasteiger partial charge in [-0.3, -0.25) is 19.5 Å². The zero-order valence-electron chi connectivity index (χ0n) is 22.6. The number of furan rings is 1. The van der Waals surface area contributed by atoms with Crippen LogP contribution < -0.4 is 24.4 Å². The highest BCUT2D eigenvalue weighted by atomic mass is 32.1. The Morgan fingerprint density at radius 1 is 1.17 bits per heavy atom. The Balaban J connectivity index is 1.65. The number of nitrogens with zero attached hydrogens (tertiary/aromatic N) is 3. The largest absolute Gasteiger partial charge is 0.497 e. The van der Waals surface area contributed by atoms with E-state index in [0.29, 0.717) is 37.9 Å². The summed E-state index contributed by atoms with van der Waals surface area (Å²) in [4.78, 5) is 43.0. The van der Waals surface area contributed by atoms with Gasteiger partial charge in [0.15, 0.2) is 4.80 Å². The third kappa shape index (κ3) is 5.05. The molecule has 11 nitrogen and oxygen atoms in total. The summed E-state index contributed by atoms with van der Waals surface area (Å²) in [5.41, 5.74) is 0.965. The van der Waals surface area contributed by atoms with Gasteiger partial charge in [-0.15, -0.1) is 0 Å². The molecule has 1 aliphatic rings. The molecule has 0 N–H and O–H groups in total. The lowest BCUT2D eigenvalue weighted by Gasteiger charge is -2.25. The number of carbonyl (C=O) groups is 1. The number of esters is 1. The molecule has 12 heteroatoms. The maximum atomic E-state index is 13.8. The number of hydrogen-bond donors (Lipinski definition) is 0. The van der Waals surface area contributed by atoms with Gasteiger partial charge in [-0.1, -0.05) is 29.5 Å². The molecule has 3 heterocycles. The third-order valence-corrected chi connectivity index (χ3v) is 7.50. The second-order valence-electron chi connectivity index (χ2n) is 8.89. The summed E-state index contributed by atoms with van der Waals surface area (Å²) in [5.74, 6) is 0.836. The van der Waals surface area contributed by atoms with Crippen LogP contribution in [0.15, 0.2) is 80.1 Å². The summed E-state index contributed by atoms with van der Waals surface area (Å²) in [5, 5.41) is 11.7. The van der Waals surface area contributed by atoms with Crippen molar-refractivity contribution in [2.24, 2.45) is 4.99 Å². The van der Waals surface area contributed by atoms with E-state index >= 15 is 0 Å². The number of hydrogen-bond acceptors (Lipinski definition) is 10. The molecule has 0 amide bonds. The second-order valence-corrected chi connectivity index (χ2v) is 9.90. The van der Waals surface area contributed by atoms with Crippen molar-refractivity contribution in [2.45, 2.75) is 19.9 Å². The van der Waals surface area contributed by atoms with Crippen LogP contribution in [0.2, 0.25) is 0 Å². The van der Waals surface area contributed by atoms with Gasteiger partial charge in [0.1, 0.15) is 29.1 Å². The minimum Gasteiger partial charge on any atom is -0.497 e. The van der Waals surface area contributed by atoms with Crippen LogP contribution in [0.25, 0.3) is 17.4 Å². The lowest BCUT2D eigenvalue weighted by atomic mass is 9.95. The molecule has 0 fully saturated rings. The van der Waals surface area contributed by atoms with Crippen LogP contribution in [0.5, 0.6) is 11.5 Å². The highest BCUT2D eigenvalue weighted by molar-refractivity contribution is 7.07. The van der Waals surface area contributed by atoms with Crippen molar-refractivity contribution in [1.82, 2.24) is 4.57 Å². The molecule has 0 bridgehead atoms. The number of ether oxygens (including phenoxy) is 3. The number of rotatable bonds is 8. The molecule has 2 aromatic heterocycles. The Morgan fingerprint density at radius 2 is 1.95 bits per heavy atom. The Kier molecular flexibility index (Phi) is 7.58. The zero-order chi connectivity index (χ0) is 29.3. The van der Waals surface area contributed by atoms with Crippen molar-refractivity contribution in [3.05, 3.63) is 107 Å². The number of allylic oxidation sites excluding steroid dienone is 1. The molecule has 2 aromatic carbocycles. The van der Waals surface area contributed by atoms with E-state index in [-0.39, 0.29) is 29.2 Å². The Labute approximate surface area is 237 Å². The number of aromatic nitrogens is 1. The zero-order valence-corrected chi connectivity index (χ0v) is 23.4. The van der Waals surface area contributed by atoms with Gasteiger partial charge in [0.25, 0.3) is 11.2 Å². The predicted octanol–water partition coefficient (Wildman–Crippen LogP) is 3.98. The molecule has 5 rings (SSSR count). The van der Waals surface area contributed by atoms with Crippen molar-refractivity contribution in [2.75, 3.05) is 20.8 Å². The standard InChI is InChI=1S/C29H25N3O8S/c1-5-39-28(34)25-16(2)30-29-31(26(25)20-8-6-7-9-22(20)38-4)27(33)24(41-29)15-18-11-13-23(40-18)19-12-10-17(37-3)14-21(19)32(35)36/h6-15,26H,5H2,1-4H3. The molecule has 0 spiro atoms. The van der Waals surface area contributed by atoms with Crippen LogP contribution in [-0.4, -0.2) is 36.3 Å². The minimum atomic E-state index is -0.835. The van der Waals surface area contributed by atoms with Gasteiger partial charge in [-0.25, -0.2) is 9.79 Å². The smallest absolute Gasteiger partial charge is 0.338 e. The Hall–Kier alpha value is -4.97. The van der Waals surface area contributed by atoms with Gasteiger partial charge in [-0.05, 0) is 44.2 Å². The van der Waals surface area contributed by atoms with Crippen LogP contribution in [0, 0.1) is 10.1 Å². The first-order valence-electron chi connectivity index (χ1n) is 12.5. The number of fused-ring (bicyclic) bond motifs is 1. The fourth-order valence-electron chi connectivity index (χ4n) is 4.68. The number of methoxy groups -OCH3 is 2. The van der Waals surface area contributed by atoms with Gasteiger partial charge in [-0.2, -0.15) is 0 Å². The molecule has 4 aromatic rings. The summed E-state index contributed by atoms with van der Waals surface area (Å²) in [6.07, 6.45) is 1.55. The molecule has 1 aliphatic heterocycles. The maximum absolute atomic E-state index is 13.8. The van der Waals surface area contributed by atoms with Crippen molar-refractivity contribution in [1.29, 1.82) is 0 Å². The fraction of sp³-hybridized carbons (Fsp3) is 0.207. The van der Waals surface area contributed by atoms with Crippen molar-refractivity contribution < 1.29 is 28.3 Å². The van der Waals surface area contributed by atoms with E-state index in [0.717, 1.165) is 11.3 Å². The van der Waals surface area contributed by atoms with E-state index in [1.165, 1.54) is 24.9 Å². The van der Waals surface area contributed by atoms with Gasteiger partial charge in [0, 0.05) is 11.6 Å². The molecule has 0 saturated carbocycles. The van der Waals surface area contributed by atoms with Gasteiger partial charge >= 0.3 is 5.97 Å². The molecule has 0 saturated heterocycles. The summed E-state index contributed by atoms with van der Waals surface area (Å²) >= 11 is 1.13. The summed E-state index contributed by atoms with van der Waals surface area (Å²) < 4.78 is 23.7. The third-order valence-electron chi connectivity index (χ3n) is 6.52. The summed E-state index contributed by atoms with van der Waals surface area (Å²) in [7, 11) is 2.94. The van der Waals surface area contributed by atoms with E-state index in [1.54, 1.807) is 68.5 Å². The topological polar surface area (TPSA) is 135 Å². The molecule has 1 unspecified atom stereocenters. The predicted molar refractivity (Wildman–Crippen MR) is 151 cm³/mol. The molecule has 41 heavy (non-hydrogen) atoms. The number of benzene rings is 2. The number of carbonyl (C=O) groups excluding carboxylic acids is 1. The lowest BCUT2D eigenvalue weighted by Crippen LogP contribution is -2.40. The first-order chi connectivity index (χ1) is 19.8. The van der Waals surface area contributed by atoms with E-state index in [1.807, 2.05) is 0 Å². The highest BCUT2D eigenvalue weighted by Gasteiger charge is 2.35. The number of nitro benzene ring substituents is 1. The molecule has 210 valence electrons. The molecular formula is C29H25N3O8S. The average Bonchev–Trinajstić information content (AvgIpc) is 3.56. The fourth-order valence-corrected chi connectivity index (χ4v) is 5.71. The molecule has 0 radical (unpaired) electrons. The van der Waals surface area contributed by atoms with Crippen molar-refractivity contribution in [3.63, 3.8) is 0 Å². The molecular weight excluding hydrogens is 550 g/mol. The van der Waals surface area contributed by atoms with Gasteiger partial charge in [0.05, 0.1) is 53.2 Å². The maximum Gasteiger partial charge on any atom is 0.338 e. The summed E-state index contributed by atoms with van der Waals surface area (Å²) in [6, 6.07) is 14.0. The normalized spacial score (nSPS) is 14.8. The van der Waals surface area contributed by atoms with Crippen LogP contribution in [0.4, 0.5) is 5.69 Å². The van der Waals surface area contributed by atoms with Gasteiger partial charge in [0.2, 0.25) is 0 Å². The first-order valence-corrected chi connectivity index (χ1v) is 13.3. The van der Waals surface area contributed by atoms with E-state index in [4.69, 9.17) is 18.6 Å². The van der Waals surface area contributed by atoms with Gasteiger partial charge < -0.3 is 18.6 Å². The number of para-hydroxylation sites is 1. The minimum absolute atomic E-state index is 0.159. The first kappa shape index (κ1) is 27.6. The van der Waals surface area contributed by atoms with E-state index in [9.17, 15) is 19.7 Å². The SMILES string of the molecule is CCOC(=O)C1=C(C)N=c2sc(=Cc3ccc(-c4ccc(OC)cc4[N+](=O)[O-])o3)c(=O)n2C1c1ccccc1OC. The quantitative estimate of drug-likeness (QED) is 0.175. The number of thiazole rings is 1. The molecule has 1 atom stereocenters. The van der Waals surface area contributed by atoms with Crippen LogP contribution in [-0.2, 0) is 9.53 Å². The lowest BCUT2D eigenvalue weighted by molar-refractivity contribution is -0.384. The second kappa shape index (κ2) is 11.3. The Bertz CT molecular complexity index is 1880. The molecule has 0 aliphatic carbocycles. The Morgan fingerprint density at radius 3 is 2.66 bits per heavy atom. The van der Waals surface area contributed by atoms with Crippen LogP contribution in [0.1, 0.15) is 31.2 Å². The number of nitro groups is 1. The highest BCUT2D eigenvalue weighted by Crippen LogP contribution is 2.36. The van der Waals surface area contributed by atoms with Crippen molar-refractivity contribution in [3.8, 4) is 22.8 Å². The van der Waals surface area contributed by atoms with Crippen molar-refractivity contribution >= 4 is 29.1 Å². The van der Waals surface area contributed by atoms with Crippen LogP contribution in [0.3, 0.4) is 0 Å². The summed E-state index contributed by atoms with van der Waals surface area (Å²) in [6.45, 7) is 3.57. The average molecular weight is 576 g/mol. The monoisotopic (exact) mass is 575 g/mol. The van der Waals surface area contributed by atoms with E-state index < -0.39 is 22.5 Å². The van der Waals surface area contributed by atoms with E-state index in [2.05, 4.69) is 4.99 Å². The van der Waals surface area contributed by atoms with Crippen LogP contribution >= 0.6 is 11.3 Å².